The summed E-state index contributed by atoms with van der Waals surface area (Å²) in [5.41, 5.74) is 3.17. The molecule has 44 heavy (non-hydrogen) atoms. The van der Waals surface area contributed by atoms with Crippen molar-refractivity contribution in [1.29, 1.82) is 0 Å². The number of benzene rings is 2. The van der Waals surface area contributed by atoms with Crippen LogP contribution < -0.4 is 5.32 Å². The lowest BCUT2D eigenvalue weighted by atomic mass is 9.92. The van der Waals surface area contributed by atoms with E-state index in [9.17, 15) is 9.59 Å². The number of hydrogen-bond donors (Lipinski definition) is 1. The molecule has 1 saturated carbocycles. The molecule has 232 valence electrons. The zero-order chi connectivity index (χ0) is 30.9. The van der Waals surface area contributed by atoms with Crippen LogP contribution in [0.3, 0.4) is 0 Å². The van der Waals surface area contributed by atoms with Gasteiger partial charge in [0.05, 0.1) is 6.04 Å². The van der Waals surface area contributed by atoms with Crippen LogP contribution in [0.1, 0.15) is 76.6 Å². The number of fused-ring (bicyclic) bond motifs is 1. The van der Waals surface area contributed by atoms with Gasteiger partial charge in [-0.05, 0) is 92.6 Å². The summed E-state index contributed by atoms with van der Waals surface area (Å²) < 4.78 is 0. The number of hydrogen-bond acceptors (Lipinski definition) is 6. The first kappa shape index (κ1) is 30.2. The van der Waals surface area contributed by atoms with Gasteiger partial charge in [0.2, 0.25) is 5.91 Å². The molecular formula is C34H39Cl2N5O2S. The van der Waals surface area contributed by atoms with Gasteiger partial charge in [-0.3, -0.25) is 14.6 Å². The maximum absolute atomic E-state index is 14.6. The van der Waals surface area contributed by atoms with Gasteiger partial charge in [0.25, 0.3) is 5.91 Å². The first-order valence-electron chi connectivity index (χ1n) is 15.7. The fraction of sp³-hybridized carbons (Fsp3) is 0.500. The summed E-state index contributed by atoms with van der Waals surface area (Å²) >= 11 is 14.0. The first-order valence-corrected chi connectivity index (χ1v) is 17.3. The first-order chi connectivity index (χ1) is 21.0. The second kappa shape index (κ2) is 11.4. The lowest BCUT2D eigenvalue weighted by Crippen LogP contribution is -2.61. The third-order valence-corrected chi connectivity index (χ3v) is 11.4. The van der Waals surface area contributed by atoms with Crippen molar-refractivity contribution in [2.75, 3.05) is 13.1 Å². The Hall–Kier alpha value is -2.52. The summed E-state index contributed by atoms with van der Waals surface area (Å²) in [5, 5.41) is 5.86. The molecule has 1 unspecified atom stereocenters. The van der Waals surface area contributed by atoms with Gasteiger partial charge in [0, 0.05) is 46.5 Å². The topological polar surface area (TPSA) is 68.2 Å². The molecule has 0 aromatic heterocycles. The van der Waals surface area contributed by atoms with E-state index in [2.05, 4.69) is 50.0 Å². The third kappa shape index (κ3) is 5.25. The lowest BCUT2D eigenvalue weighted by Gasteiger charge is -2.40. The van der Waals surface area contributed by atoms with Crippen LogP contribution in [0.15, 0.2) is 64.1 Å². The maximum Gasteiger partial charge on any atom is 0.263 e. The molecule has 1 aliphatic carbocycles. The molecule has 7 rings (SSSR count). The Morgan fingerprint density at radius 1 is 0.977 bits per heavy atom. The van der Waals surface area contributed by atoms with Crippen molar-refractivity contribution in [3.8, 4) is 0 Å². The van der Waals surface area contributed by atoms with Crippen molar-refractivity contribution < 1.29 is 9.59 Å². The second-order valence-corrected chi connectivity index (χ2v) is 15.3. The Kier molecular flexibility index (Phi) is 7.79. The minimum absolute atomic E-state index is 0.0144. The number of nitrogens with one attached hydrogen (secondary N) is 1. The number of thioether (sulfide) groups is 1. The molecule has 4 aliphatic heterocycles. The molecule has 2 amide bonds. The average molecular weight is 653 g/mol. The van der Waals surface area contributed by atoms with Crippen molar-refractivity contribution >= 4 is 51.9 Å². The highest BCUT2D eigenvalue weighted by molar-refractivity contribution is 8.18. The van der Waals surface area contributed by atoms with E-state index in [4.69, 9.17) is 28.2 Å². The number of allylic oxidation sites excluding steroid dienone is 1. The van der Waals surface area contributed by atoms with Gasteiger partial charge in [0.15, 0.2) is 5.17 Å². The maximum atomic E-state index is 14.6. The Bertz CT molecular complexity index is 1540. The zero-order valence-electron chi connectivity index (χ0n) is 25.6. The molecule has 4 heterocycles. The summed E-state index contributed by atoms with van der Waals surface area (Å²) in [6.45, 7) is 9.91. The van der Waals surface area contributed by atoms with Crippen molar-refractivity contribution in [2.24, 2.45) is 10.9 Å². The zero-order valence-corrected chi connectivity index (χ0v) is 27.9. The minimum Gasteiger partial charge on any atom is -0.338 e. The molecule has 2 aromatic carbocycles. The van der Waals surface area contributed by atoms with Crippen LogP contribution in [0.5, 0.6) is 0 Å². The molecule has 5 atom stereocenters. The van der Waals surface area contributed by atoms with Crippen LogP contribution in [-0.4, -0.2) is 68.4 Å². The predicted octanol–water partition coefficient (Wildman–Crippen LogP) is 6.79. The van der Waals surface area contributed by atoms with Crippen LogP contribution in [0.4, 0.5) is 0 Å². The molecule has 1 N–H and O–H groups in total. The fourth-order valence-electron chi connectivity index (χ4n) is 7.59. The molecule has 7 nitrogen and oxygen atoms in total. The van der Waals surface area contributed by atoms with Crippen molar-refractivity contribution in [2.45, 2.75) is 89.1 Å². The van der Waals surface area contributed by atoms with E-state index in [0.29, 0.717) is 27.9 Å². The van der Waals surface area contributed by atoms with Gasteiger partial charge in [-0.25, -0.2) is 0 Å². The Balaban J connectivity index is 1.23. The van der Waals surface area contributed by atoms with E-state index in [0.717, 1.165) is 47.8 Å². The number of aliphatic imine (C=N–C) groups is 1. The Labute approximate surface area is 274 Å². The summed E-state index contributed by atoms with van der Waals surface area (Å²) in [4.78, 5) is 40.8. The summed E-state index contributed by atoms with van der Waals surface area (Å²) in [5.74, 6) is 0.0989. The number of amidine groups is 1. The summed E-state index contributed by atoms with van der Waals surface area (Å²) in [7, 11) is 0. The van der Waals surface area contributed by atoms with Gasteiger partial charge in [-0.1, -0.05) is 61.3 Å². The Morgan fingerprint density at radius 3 is 2.23 bits per heavy atom. The van der Waals surface area contributed by atoms with Crippen LogP contribution in [0.2, 0.25) is 10.0 Å². The SMILES string of the molecule is CC(C)C1=C(C(=O)N2[C@H](C)CC[C@H]2C(=O)N2C[C@@H](C)NC3(CC3)C2)SC2=NC(c3ccc(Cl)cc3)[C@@H](c3ccc(Cl)cc3)N21. The number of likely N-dealkylation sites (tertiary alicyclic amines) is 1. The average Bonchev–Trinajstić information content (AvgIpc) is 3.29. The van der Waals surface area contributed by atoms with Crippen LogP contribution in [0, 0.1) is 5.92 Å². The van der Waals surface area contributed by atoms with Crippen LogP contribution in [-0.2, 0) is 9.59 Å². The number of carbonyl (C=O) groups is 2. The second-order valence-electron chi connectivity index (χ2n) is 13.4. The number of carbonyl (C=O) groups excluding carboxylic acids is 2. The normalized spacial score (nSPS) is 29.1. The molecule has 2 aromatic rings. The minimum atomic E-state index is -0.439. The van der Waals surface area contributed by atoms with Gasteiger partial charge >= 0.3 is 0 Å². The predicted molar refractivity (Wildman–Crippen MR) is 178 cm³/mol. The number of piperazine rings is 1. The van der Waals surface area contributed by atoms with E-state index in [1.54, 1.807) is 0 Å². The van der Waals surface area contributed by atoms with Crippen LogP contribution >= 0.6 is 35.0 Å². The number of nitrogens with zero attached hydrogens (tertiary/aromatic N) is 4. The van der Waals surface area contributed by atoms with Gasteiger partial charge in [-0.15, -0.1) is 0 Å². The van der Waals surface area contributed by atoms with E-state index in [1.165, 1.54) is 11.8 Å². The van der Waals surface area contributed by atoms with Crippen LogP contribution in [0.25, 0.3) is 0 Å². The number of amides is 2. The van der Waals surface area contributed by atoms with E-state index in [-0.39, 0.29) is 47.4 Å². The third-order valence-electron chi connectivity index (χ3n) is 9.78. The standard InChI is InChI=1S/C34H39Cl2N5O2S/c1-19(2)28-30(32(43)40-21(4)5-14-26(40)31(42)39-17-20(3)38-34(18-39)15-16-34)44-33-37-27(22-6-10-24(35)11-7-22)29(41(28)33)23-8-12-25(36)13-9-23/h6-13,19-21,26-27,29,38H,5,14-18H2,1-4H3/t20-,21-,26+,27?,29-/m1/s1. The van der Waals surface area contributed by atoms with Crippen molar-refractivity contribution in [3.05, 3.63) is 80.3 Å². The summed E-state index contributed by atoms with van der Waals surface area (Å²) in [6, 6.07) is 15.3. The molecular weight excluding hydrogens is 613 g/mol. The highest BCUT2D eigenvalue weighted by atomic mass is 35.5. The van der Waals surface area contributed by atoms with Gasteiger partial charge < -0.3 is 20.0 Å². The van der Waals surface area contributed by atoms with E-state index in [1.807, 2.05) is 46.2 Å². The van der Waals surface area contributed by atoms with E-state index >= 15 is 0 Å². The lowest BCUT2D eigenvalue weighted by molar-refractivity contribution is -0.144. The van der Waals surface area contributed by atoms with E-state index < -0.39 is 6.04 Å². The highest BCUT2D eigenvalue weighted by Gasteiger charge is 2.52. The smallest absolute Gasteiger partial charge is 0.263 e. The monoisotopic (exact) mass is 651 g/mol. The van der Waals surface area contributed by atoms with Crippen molar-refractivity contribution in [1.82, 2.24) is 20.0 Å². The molecule has 0 bridgehead atoms. The largest absolute Gasteiger partial charge is 0.338 e. The summed E-state index contributed by atoms with van der Waals surface area (Å²) in [6.07, 6.45) is 3.73. The molecule has 10 heteroatoms. The Morgan fingerprint density at radius 2 is 1.61 bits per heavy atom. The molecule has 5 aliphatic rings. The quantitative estimate of drug-likeness (QED) is 0.385. The number of halogens is 2. The molecule has 2 saturated heterocycles. The van der Waals surface area contributed by atoms with Gasteiger partial charge in [-0.2, -0.15) is 0 Å². The number of rotatable bonds is 5. The highest BCUT2D eigenvalue weighted by Crippen LogP contribution is 2.54. The molecule has 3 fully saturated rings. The van der Waals surface area contributed by atoms with Gasteiger partial charge in [0.1, 0.15) is 17.0 Å². The molecule has 1 spiro atoms. The fourth-order valence-corrected chi connectivity index (χ4v) is 9.13. The molecule has 0 radical (unpaired) electrons. The van der Waals surface area contributed by atoms with Crippen molar-refractivity contribution in [3.63, 3.8) is 0 Å².